The molecule has 0 aromatic heterocycles. The molecule has 0 saturated carbocycles. The van der Waals surface area contributed by atoms with E-state index in [2.05, 4.69) is 16.0 Å². The molecular weight excluding hydrogens is 396 g/mol. The largest absolute Gasteiger partial charge is 0.508 e. The van der Waals surface area contributed by atoms with Crippen LogP contribution in [0.5, 0.6) is 5.75 Å². The van der Waals surface area contributed by atoms with Crippen LogP contribution in [-0.2, 0) is 25.6 Å². The Labute approximate surface area is 173 Å². The molecule has 0 bridgehead atoms. The van der Waals surface area contributed by atoms with E-state index in [9.17, 15) is 29.4 Å². The van der Waals surface area contributed by atoms with Crippen molar-refractivity contribution in [1.82, 2.24) is 16.0 Å². The summed E-state index contributed by atoms with van der Waals surface area (Å²) < 4.78 is 0. The number of aliphatic carboxylic acids is 1. The fourth-order valence-corrected chi connectivity index (χ4v) is 2.41. The summed E-state index contributed by atoms with van der Waals surface area (Å²) in [6.07, 6.45) is -1.16. The number of carbonyl (C=O) groups excluding carboxylic acids is 3. The van der Waals surface area contributed by atoms with E-state index in [1.165, 1.54) is 32.9 Å². The van der Waals surface area contributed by atoms with E-state index in [1.807, 2.05) is 0 Å². The number of aromatic hydroxyl groups is 1. The van der Waals surface area contributed by atoms with Gasteiger partial charge < -0.3 is 37.0 Å². The molecule has 0 fully saturated rings. The molecule has 0 aliphatic rings. The van der Waals surface area contributed by atoms with Crippen LogP contribution < -0.4 is 21.7 Å². The standard InChI is InChI=1S/C19H28N4O7/c1-9(16(26)22-10(2)19(29)30)21-18(28)15(11(3)24)23-17(27)14(20)8-12-4-6-13(25)7-5-12/h4-7,9-11,14-15,24-25H,8,20H2,1-3H3,(H,21,28)(H,22,26)(H,23,27)(H,29,30). The van der Waals surface area contributed by atoms with Crippen molar-refractivity contribution >= 4 is 23.7 Å². The first-order valence-electron chi connectivity index (χ1n) is 9.27. The second-order valence-corrected chi connectivity index (χ2v) is 7.00. The summed E-state index contributed by atoms with van der Waals surface area (Å²) in [7, 11) is 0. The van der Waals surface area contributed by atoms with E-state index < -0.39 is 54.0 Å². The van der Waals surface area contributed by atoms with Crippen molar-refractivity contribution in [3.8, 4) is 5.75 Å². The third kappa shape index (κ3) is 7.68. The Balaban J connectivity index is 2.70. The Bertz CT molecular complexity index is 767. The fraction of sp³-hybridized carbons (Fsp3) is 0.474. The maximum Gasteiger partial charge on any atom is 0.325 e. The summed E-state index contributed by atoms with van der Waals surface area (Å²) in [5.74, 6) is -3.43. The van der Waals surface area contributed by atoms with Gasteiger partial charge >= 0.3 is 5.97 Å². The van der Waals surface area contributed by atoms with E-state index in [0.29, 0.717) is 5.56 Å². The number of phenolic OH excluding ortho intramolecular Hbond substituents is 1. The van der Waals surface area contributed by atoms with Crippen LogP contribution in [0.1, 0.15) is 26.3 Å². The minimum Gasteiger partial charge on any atom is -0.508 e. The van der Waals surface area contributed by atoms with Gasteiger partial charge in [-0.25, -0.2) is 0 Å². The van der Waals surface area contributed by atoms with Crippen molar-refractivity contribution in [2.24, 2.45) is 5.73 Å². The van der Waals surface area contributed by atoms with Crippen molar-refractivity contribution in [2.45, 2.75) is 57.5 Å². The highest BCUT2D eigenvalue weighted by molar-refractivity contribution is 5.94. The number of carboxylic acids is 1. The number of carbonyl (C=O) groups is 4. The predicted octanol–water partition coefficient (Wildman–Crippen LogP) is -1.78. The van der Waals surface area contributed by atoms with Crippen molar-refractivity contribution in [2.75, 3.05) is 0 Å². The Morgan fingerprint density at radius 3 is 1.93 bits per heavy atom. The number of hydrogen-bond donors (Lipinski definition) is 7. The minimum absolute atomic E-state index is 0.0681. The lowest BCUT2D eigenvalue weighted by Gasteiger charge is -2.24. The zero-order valence-electron chi connectivity index (χ0n) is 17.0. The van der Waals surface area contributed by atoms with Crippen LogP contribution in [0.25, 0.3) is 0 Å². The topological polar surface area (TPSA) is 191 Å². The van der Waals surface area contributed by atoms with Crippen LogP contribution in [0.15, 0.2) is 24.3 Å². The van der Waals surface area contributed by atoms with Crippen LogP contribution in [-0.4, -0.2) is 69.3 Å². The van der Waals surface area contributed by atoms with Gasteiger partial charge in [0.05, 0.1) is 12.1 Å². The lowest BCUT2D eigenvalue weighted by atomic mass is 10.0. The van der Waals surface area contributed by atoms with Gasteiger partial charge in [-0.15, -0.1) is 0 Å². The van der Waals surface area contributed by atoms with Crippen molar-refractivity contribution in [1.29, 1.82) is 0 Å². The van der Waals surface area contributed by atoms with Gasteiger partial charge in [0.1, 0.15) is 23.9 Å². The molecular formula is C19H28N4O7. The lowest BCUT2D eigenvalue weighted by Crippen LogP contribution is -2.59. The molecule has 166 valence electrons. The molecule has 5 unspecified atom stereocenters. The summed E-state index contributed by atoms with van der Waals surface area (Å²) in [6, 6.07) is 1.42. The van der Waals surface area contributed by atoms with Gasteiger partial charge in [0.2, 0.25) is 17.7 Å². The van der Waals surface area contributed by atoms with Gasteiger partial charge in [0.15, 0.2) is 0 Å². The molecule has 1 rings (SSSR count). The monoisotopic (exact) mass is 424 g/mol. The number of aliphatic hydroxyl groups excluding tert-OH is 1. The molecule has 11 heteroatoms. The lowest BCUT2D eigenvalue weighted by molar-refractivity contribution is -0.141. The zero-order valence-corrected chi connectivity index (χ0v) is 17.0. The van der Waals surface area contributed by atoms with Gasteiger partial charge in [-0.3, -0.25) is 19.2 Å². The van der Waals surface area contributed by atoms with Crippen molar-refractivity contribution in [3.63, 3.8) is 0 Å². The molecule has 0 aliphatic heterocycles. The SMILES string of the molecule is CC(NC(=O)C(C)NC(=O)C(NC(=O)C(N)Cc1ccc(O)cc1)C(C)O)C(=O)O. The maximum absolute atomic E-state index is 12.4. The molecule has 0 aliphatic carbocycles. The number of nitrogens with two attached hydrogens (primary N) is 1. The summed E-state index contributed by atoms with van der Waals surface area (Å²) in [5.41, 5.74) is 6.55. The zero-order chi connectivity index (χ0) is 23.0. The fourth-order valence-electron chi connectivity index (χ4n) is 2.41. The molecule has 0 saturated heterocycles. The van der Waals surface area contributed by atoms with E-state index in [1.54, 1.807) is 12.1 Å². The van der Waals surface area contributed by atoms with E-state index in [-0.39, 0.29) is 12.2 Å². The summed E-state index contributed by atoms with van der Waals surface area (Å²) in [4.78, 5) is 47.5. The molecule has 8 N–H and O–H groups in total. The smallest absolute Gasteiger partial charge is 0.325 e. The van der Waals surface area contributed by atoms with Crippen molar-refractivity contribution in [3.05, 3.63) is 29.8 Å². The second-order valence-electron chi connectivity index (χ2n) is 7.00. The number of carboxylic acid groups (broad SMARTS) is 1. The van der Waals surface area contributed by atoms with Gasteiger partial charge in [0.25, 0.3) is 0 Å². The minimum atomic E-state index is -1.38. The molecule has 0 radical (unpaired) electrons. The Kier molecular flexibility index (Phi) is 9.21. The molecule has 3 amide bonds. The molecule has 1 aromatic rings. The maximum atomic E-state index is 12.4. The van der Waals surface area contributed by atoms with Gasteiger partial charge in [-0.05, 0) is 44.9 Å². The Hall–Kier alpha value is -3.18. The van der Waals surface area contributed by atoms with Gasteiger partial charge in [-0.2, -0.15) is 0 Å². The number of aliphatic hydroxyl groups is 1. The van der Waals surface area contributed by atoms with Crippen LogP contribution in [0.3, 0.4) is 0 Å². The summed E-state index contributed by atoms with van der Waals surface area (Å²) in [5, 5.41) is 34.9. The van der Waals surface area contributed by atoms with E-state index >= 15 is 0 Å². The number of nitrogens with one attached hydrogen (secondary N) is 3. The highest BCUT2D eigenvalue weighted by Crippen LogP contribution is 2.11. The Morgan fingerprint density at radius 2 is 1.43 bits per heavy atom. The normalized spacial score (nSPS) is 15.8. The number of amides is 3. The quantitative estimate of drug-likeness (QED) is 0.229. The van der Waals surface area contributed by atoms with Gasteiger partial charge in [-0.1, -0.05) is 12.1 Å². The van der Waals surface area contributed by atoms with Gasteiger partial charge in [0, 0.05) is 0 Å². The number of hydrogen-bond acceptors (Lipinski definition) is 7. The van der Waals surface area contributed by atoms with Crippen LogP contribution in [0.4, 0.5) is 0 Å². The predicted molar refractivity (Wildman–Crippen MR) is 106 cm³/mol. The first kappa shape index (κ1) is 24.9. The van der Waals surface area contributed by atoms with E-state index in [0.717, 1.165) is 0 Å². The molecule has 30 heavy (non-hydrogen) atoms. The number of rotatable bonds is 10. The first-order valence-corrected chi connectivity index (χ1v) is 9.27. The number of phenols is 1. The summed E-state index contributed by atoms with van der Waals surface area (Å²) in [6.45, 7) is 3.88. The number of benzene rings is 1. The third-order valence-corrected chi connectivity index (χ3v) is 4.27. The second kappa shape index (κ2) is 11.1. The highest BCUT2D eigenvalue weighted by atomic mass is 16.4. The average molecular weight is 424 g/mol. The van der Waals surface area contributed by atoms with Crippen LogP contribution in [0, 0.1) is 0 Å². The molecule has 11 nitrogen and oxygen atoms in total. The molecule has 5 atom stereocenters. The molecule has 0 spiro atoms. The highest BCUT2D eigenvalue weighted by Gasteiger charge is 2.30. The van der Waals surface area contributed by atoms with Crippen LogP contribution >= 0.6 is 0 Å². The Morgan fingerprint density at radius 1 is 0.900 bits per heavy atom. The van der Waals surface area contributed by atoms with Crippen LogP contribution in [0.2, 0.25) is 0 Å². The average Bonchev–Trinajstić information content (AvgIpc) is 2.66. The molecule has 0 heterocycles. The van der Waals surface area contributed by atoms with E-state index in [4.69, 9.17) is 10.8 Å². The first-order chi connectivity index (χ1) is 13.9. The molecule has 1 aromatic carbocycles. The third-order valence-electron chi connectivity index (χ3n) is 4.27. The van der Waals surface area contributed by atoms with Crippen molar-refractivity contribution < 1.29 is 34.5 Å². The summed E-state index contributed by atoms with van der Waals surface area (Å²) >= 11 is 0.